The van der Waals surface area contributed by atoms with Gasteiger partial charge >= 0.3 is 0 Å². The highest BCUT2D eigenvalue weighted by Gasteiger charge is 2.38. The standard InChI is InChI=1S/C46H33N3/c1-46(2)38-25-11-14-30-43(38)48(31-17-5-4-6-18-31)44-36(23-15-26-39(44)46)32-19-7-8-20-33(32)37-24-16-27-40(47-3)45(37)49-41-28-12-9-21-34(41)35-22-10-13-29-42(35)49/h4-30H,1-2H3. The average Bonchev–Trinajstić information content (AvgIpc) is 3.49. The van der Waals surface area contributed by atoms with Crippen molar-refractivity contribution >= 4 is 44.6 Å². The molecule has 232 valence electrons. The first-order chi connectivity index (χ1) is 24.1. The van der Waals surface area contributed by atoms with E-state index >= 15 is 0 Å². The highest BCUT2D eigenvalue weighted by Crippen LogP contribution is 2.56. The van der Waals surface area contributed by atoms with Crippen molar-refractivity contribution in [2.24, 2.45) is 0 Å². The van der Waals surface area contributed by atoms with Crippen LogP contribution in [0.4, 0.5) is 22.7 Å². The fourth-order valence-electron chi connectivity index (χ4n) is 8.00. The van der Waals surface area contributed by atoms with Crippen molar-refractivity contribution in [3.05, 3.63) is 186 Å². The molecule has 1 aliphatic heterocycles. The molecule has 0 spiro atoms. The Bertz CT molecular complexity index is 2550. The van der Waals surface area contributed by atoms with E-state index in [9.17, 15) is 0 Å². The summed E-state index contributed by atoms with van der Waals surface area (Å²) in [5, 5.41) is 2.35. The van der Waals surface area contributed by atoms with Crippen LogP contribution in [-0.2, 0) is 5.41 Å². The zero-order chi connectivity index (χ0) is 33.1. The third-order valence-electron chi connectivity index (χ3n) is 10.2. The summed E-state index contributed by atoms with van der Waals surface area (Å²) >= 11 is 0. The Labute approximate surface area is 286 Å². The SMILES string of the molecule is [C-]#[N+]c1cccc(-c2ccccc2-c2cccc3c2N(c2ccccc2)c2ccccc2C3(C)C)c1-n1c2ccccc2c2ccccc21. The zero-order valence-corrected chi connectivity index (χ0v) is 27.4. The third-order valence-corrected chi connectivity index (χ3v) is 10.2. The third kappa shape index (κ3) is 4.28. The number of hydrogen-bond donors (Lipinski definition) is 0. The van der Waals surface area contributed by atoms with E-state index in [1.807, 2.05) is 12.1 Å². The predicted molar refractivity (Wildman–Crippen MR) is 205 cm³/mol. The van der Waals surface area contributed by atoms with Gasteiger partial charge in [-0.3, -0.25) is 0 Å². The summed E-state index contributed by atoms with van der Waals surface area (Å²) in [6, 6.07) is 58.1. The molecule has 0 radical (unpaired) electrons. The second kappa shape index (κ2) is 11.1. The minimum absolute atomic E-state index is 0.222. The Balaban J connectivity index is 1.36. The average molecular weight is 628 g/mol. The van der Waals surface area contributed by atoms with Crippen LogP contribution < -0.4 is 4.90 Å². The van der Waals surface area contributed by atoms with Gasteiger partial charge in [0.1, 0.15) is 0 Å². The van der Waals surface area contributed by atoms with E-state index in [0.717, 1.165) is 44.7 Å². The first kappa shape index (κ1) is 28.8. The van der Waals surface area contributed by atoms with Crippen LogP contribution in [0.1, 0.15) is 25.0 Å². The molecule has 7 aromatic carbocycles. The Hall–Kier alpha value is -6.37. The molecule has 9 rings (SSSR count). The van der Waals surface area contributed by atoms with E-state index in [2.05, 4.69) is 180 Å². The molecule has 0 bridgehead atoms. The lowest BCUT2D eigenvalue weighted by molar-refractivity contribution is 0.632. The summed E-state index contributed by atoms with van der Waals surface area (Å²) in [6.07, 6.45) is 0. The molecule has 0 atom stereocenters. The number of nitrogens with zero attached hydrogens (tertiary/aromatic N) is 3. The minimum Gasteiger partial charge on any atom is -0.318 e. The van der Waals surface area contributed by atoms with E-state index in [-0.39, 0.29) is 5.41 Å². The Morgan fingerprint density at radius 3 is 1.65 bits per heavy atom. The molecule has 3 heteroatoms. The number of hydrogen-bond acceptors (Lipinski definition) is 1. The van der Waals surface area contributed by atoms with Crippen LogP contribution >= 0.6 is 0 Å². The van der Waals surface area contributed by atoms with Crippen molar-refractivity contribution in [1.29, 1.82) is 0 Å². The Morgan fingerprint density at radius 1 is 0.469 bits per heavy atom. The molecule has 3 nitrogen and oxygen atoms in total. The van der Waals surface area contributed by atoms with Crippen molar-refractivity contribution in [2.75, 3.05) is 4.90 Å². The zero-order valence-electron chi connectivity index (χ0n) is 27.4. The quantitative estimate of drug-likeness (QED) is 0.177. The summed E-state index contributed by atoms with van der Waals surface area (Å²) in [7, 11) is 0. The van der Waals surface area contributed by atoms with Crippen LogP contribution in [0.15, 0.2) is 164 Å². The van der Waals surface area contributed by atoms with Crippen molar-refractivity contribution in [3.8, 4) is 27.9 Å². The first-order valence-corrected chi connectivity index (χ1v) is 16.7. The maximum absolute atomic E-state index is 8.34. The molecule has 1 aromatic heterocycles. The molecule has 0 unspecified atom stereocenters. The summed E-state index contributed by atoms with van der Waals surface area (Å²) < 4.78 is 2.29. The van der Waals surface area contributed by atoms with Gasteiger partial charge in [-0.15, -0.1) is 0 Å². The molecule has 0 aliphatic carbocycles. The van der Waals surface area contributed by atoms with Crippen molar-refractivity contribution in [2.45, 2.75) is 19.3 Å². The fraction of sp³-hybridized carbons (Fsp3) is 0.0652. The second-order valence-electron chi connectivity index (χ2n) is 13.2. The fourth-order valence-corrected chi connectivity index (χ4v) is 8.00. The molecule has 0 fully saturated rings. The van der Waals surface area contributed by atoms with Crippen molar-refractivity contribution < 1.29 is 0 Å². The highest BCUT2D eigenvalue weighted by molar-refractivity contribution is 6.11. The number of para-hydroxylation sites is 6. The van der Waals surface area contributed by atoms with E-state index in [0.29, 0.717) is 5.69 Å². The Kier molecular flexibility index (Phi) is 6.54. The number of rotatable bonds is 4. The van der Waals surface area contributed by atoms with Gasteiger partial charge in [-0.05, 0) is 58.1 Å². The number of anilines is 3. The van der Waals surface area contributed by atoms with Gasteiger partial charge in [0.25, 0.3) is 0 Å². The van der Waals surface area contributed by atoms with Gasteiger partial charge < -0.3 is 9.47 Å². The molecule has 0 N–H and O–H groups in total. The van der Waals surface area contributed by atoms with E-state index in [1.54, 1.807) is 0 Å². The number of fused-ring (bicyclic) bond motifs is 5. The lowest BCUT2D eigenvalue weighted by Crippen LogP contribution is -2.31. The van der Waals surface area contributed by atoms with E-state index in [4.69, 9.17) is 6.57 Å². The summed E-state index contributed by atoms with van der Waals surface area (Å²) in [5.74, 6) is 0. The molecule has 0 amide bonds. The van der Waals surface area contributed by atoms with E-state index < -0.39 is 0 Å². The second-order valence-corrected chi connectivity index (χ2v) is 13.2. The van der Waals surface area contributed by atoms with Gasteiger partial charge in [0.2, 0.25) is 5.69 Å². The number of aromatic nitrogens is 1. The van der Waals surface area contributed by atoms with Gasteiger partial charge in [0.15, 0.2) is 0 Å². The lowest BCUT2D eigenvalue weighted by atomic mass is 9.72. The van der Waals surface area contributed by atoms with Gasteiger partial charge in [0.05, 0.1) is 34.7 Å². The first-order valence-electron chi connectivity index (χ1n) is 16.7. The van der Waals surface area contributed by atoms with Crippen LogP contribution in [0, 0.1) is 6.57 Å². The van der Waals surface area contributed by atoms with E-state index in [1.165, 1.54) is 33.3 Å². The normalized spacial score (nSPS) is 13.2. The topological polar surface area (TPSA) is 12.5 Å². The lowest BCUT2D eigenvalue weighted by Gasteiger charge is -2.43. The molecular formula is C46H33N3. The molecule has 0 saturated heterocycles. The van der Waals surface area contributed by atoms with Crippen molar-refractivity contribution in [1.82, 2.24) is 4.57 Å². The van der Waals surface area contributed by atoms with Crippen LogP contribution in [0.25, 0.3) is 54.6 Å². The summed E-state index contributed by atoms with van der Waals surface area (Å²) in [6.45, 7) is 13.0. The highest BCUT2D eigenvalue weighted by atomic mass is 15.2. The molecule has 49 heavy (non-hydrogen) atoms. The Morgan fingerprint density at radius 2 is 0.980 bits per heavy atom. The maximum Gasteiger partial charge on any atom is 0.211 e. The predicted octanol–water partition coefficient (Wildman–Crippen LogP) is 12.8. The molecule has 8 aromatic rings. The van der Waals surface area contributed by atoms with Crippen LogP contribution in [-0.4, -0.2) is 4.57 Å². The van der Waals surface area contributed by atoms with Crippen LogP contribution in [0.3, 0.4) is 0 Å². The maximum atomic E-state index is 8.34. The summed E-state index contributed by atoms with van der Waals surface area (Å²) in [4.78, 5) is 6.55. The van der Waals surface area contributed by atoms with Crippen LogP contribution in [0.5, 0.6) is 0 Å². The van der Waals surface area contributed by atoms with Gasteiger partial charge in [-0.25, -0.2) is 4.85 Å². The smallest absolute Gasteiger partial charge is 0.211 e. The van der Waals surface area contributed by atoms with Gasteiger partial charge in [-0.1, -0.05) is 147 Å². The monoisotopic (exact) mass is 627 g/mol. The molecular weight excluding hydrogens is 595 g/mol. The summed E-state index contributed by atoms with van der Waals surface area (Å²) in [5.41, 5.74) is 13.9. The molecule has 1 aliphatic rings. The molecule has 2 heterocycles. The van der Waals surface area contributed by atoms with Crippen LogP contribution in [0.2, 0.25) is 0 Å². The van der Waals surface area contributed by atoms with Crippen molar-refractivity contribution in [3.63, 3.8) is 0 Å². The minimum atomic E-state index is -0.222. The number of benzene rings is 7. The van der Waals surface area contributed by atoms with Gasteiger partial charge in [-0.2, -0.15) is 0 Å². The largest absolute Gasteiger partial charge is 0.318 e. The van der Waals surface area contributed by atoms with Gasteiger partial charge in [0, 0.05) is 27.4 Å². The molecule has 0 saturated carbocycles.